The highest BCUT2D eigenvalue weighted by molar-refractivity contribution is 7.32. The van der Waals surface area contributed by atoms with Gasteiger partial charge in [0.2, 0.25) is 5.75 Å². The monoisotopic (exact) mass is 1160 g/mol. The molecule has 1 aromatic carbocycles. The highest BCUT2D eigenvalue weighted by Gasteiger charge is 2.17. The van der Waals surface area contributed by atoms with Gasteiger partial charge in [-0.05, 0) is 37.0 Å². The molecule has 1 unspecified atom stereocenters. The van der Waals surface area contributed by atoms with Crippen molar-refractivity contribution in [1.82, 2.24) is 15.0 Å². The second-order valence-corrected chi connectivity index (χ2v) is 21.6. The van der Waals surface area contributed by atoms with Gasteiger partial charge >= 0.3 is 8.25 Å². The van der Waals surface area contributed by atoms with Crippen LogP contribution in [0.2, 0.25) is 0 Å². The van der Waals surface area contributed by atoms with Crippen molar-refractivity contribution in [2.45, 2.75) is 227 Å². The summed E-state index contributed by atoms with van der Waals surface area (Å²) in [4.78, 5) is 8.54. The lowest BCUT2D eigenvalue weighted by Crippen LogP contribution is -2.15. The van der Waals surface area contributed by atoms with Gasteiger partial charge in [-0.2, -0.15) is 0 Å². The summed E-state index contributed by atoms with van der Waals surface area (Å²) < 4.78 is 81.1. The average molecular weight is 1160 g/mol. The maximum atomic E-state index is 10.4. The molecule has 0 aliphatic carbocycles. The number of rotatable bonds is 65. The Hall–Kier alpha value is -2.54. The van der Waals surface area contributed by atoms with E-state index in [-0.39, 0.29) is 13.2 Å². The standard InChI is InChI=1S/C62H115N3O14P/c1-4-7-10-13-16-19-22-25-28-31-34-76-60-53-58(54-61(77-35-32-29-26-23-20-17-14-11-8-5-2)62(60)78-36-33-30-27-24-21-18-15-12-9-6-3)55-65-56-59(63-64-65)57-75-50-49-73-46-45-71-42-41-69-38-37-68-39-40-70-43-44-72-47-48-74-51-52-79-80(66)67/h53-54,56H,4-52,55,57H2,1-3H3,(H,66,67). The Balaban J connectivity index is 1.78. The van der Waals surface area contributed by atoms with E-state index in [1.165, 1.54) is 173 Å². The molecule has 2 rings (SSSR count). The molecule has 0 aliphatic heterocycles. The zero-order chi connectivity index (χ0) is 57.1. The highest BCUT2D eigenvalue weighted by atomic mass is 31.1. The second-order valence-electron chi connectivity index (χ2n) is 20.8. The van der Waals surface area contributed by atoms with Crippen molar-refractivity contribution in [2.75, 3.05) is 126 Å². The summed E-state index contributed by atoms with van der Waals surface area (Å²) in [7, 11) is -2.58. The molecule has 0 fully saturated rings. The van der Waals surface area contributed by atoms with Crippen molar-refractivity contribution in [2.24, 2.45) is 0 Å². The zero-order valence-corrected chi connectivity index (χ0v) is 51.7. The molecule has 0 aliphatic rings. The topological polar surface area (TPSA) is 179 Å². The van der Waals surface area contributed by atoms with Gasteiger partial charge in [0, 0.05) is 0 Å². The van der Waals surface area contributed by atoms with Gasteiger partial charge in [-0.15, -0.1) is 5.10 Å². The van der Waals surface area contributed by atoms with Crippen molar-refractivity contribution in [3.8, 4) is 17.2 Å². The lowest BCUT2D eigenvalue weighted by molar-refractivity contribution is -0.0241. The fourth-order valence-electron chi connectivity index (χ4n) is 8.95. The summed E-state index contributed by atoms with van der Waals surface area (Å²) in [5.74, 6) is 2.26. The van der Waals surface area contributed by atoms with Crippen LogP contribution in [-0.2, 0) is 60.1 Å². The fourth-order valence-corrected chi connectivity index (χ4v) is 9.18. The SMILES string of the molecule is CCCCCCCCCCCCOc1cc(Cn2cc(COCCOCCOCCOCCOCCOCCOCCOCCO[P](=O)O)nn2)cc(OCCCCCCCCCCCC)c1OCCCCCCCCCCCC. The molecule has 80 heavy (non-hydrogen) atoms. The third-order valence-corrected chi connectivity index (χ3v) is 14.0. The average Bonchev–Trinajstić information content (AvgIpc) is 3.92. The largest absolute Gasteiger partial charge is 0.490 e. The molecule has 0 spiro atoms. The summed E-state index contributed by atoms with van der Waals surface area (Å²) >= 11 is 0. The van der Waals surface area contributed by atoms with Crippen molar-refractivity contribution < 1.29 is 66.1 Å². The minimum Gasteiger partial charge on any atom is -0.490 e. The van der Waals surface area contributed by atoms with Crippen LogP contribution in [0.5, 0.6) is 17.2 Å². The number of hydrogen-bond acceptors (Lipinski definition) is 15. The molecule has 2 aromatic rings. The first kappa shape index (κ1) is 73.6. The number of aromatic nitrogens is 3. The van der Waals surface area contributed by atoms with Gasteiger partial charge in [0.1, 0.15) is 5.69 Å². The van der Waals surface area contributed by atoms with E-state index in [1.54, 1.807) is 0 Å². The molecule has 1 atom stereocenters. The molecule has 18 heteroatoms. The minimum absolute atomic E-state index is 0.0695. The number of benzene rings is 1. The molecule has 1 aromatic heterocycles. The van der Waals surface area contributed by atoms with Gasteiger partial charge in [-0.3, -0.25) is 9.42 Å². The summed E-state index contributed by atoms with van der Waals surface area (Å²) in [6.45, 7) is 16.3. The number of ether oxygens (including phenoxy) is 11. The molecular formula is C62H115N3O14P. The van der Waals surface area contributed by atoms with E-state index in [1.807, 2.05) is 10.9 Å². The van der Waals surface area contributed by atoms with Crippen molar-refractivity contribution in [1.29, 1.82) is 0 Å². The number of nitrogens with zero attached hydrogens (tertiary/aromatic N) is 3. The molecule has 1 heterocycles. The van der Waals surface area contributed by atoms with E-state index in [2.05, 4.69) is 47.7 Å². The van der Waals surface area contributed by atoms with Gasteiger partial charge in [-0.25, -0.2) is 9.25 Å². The van der Waals surface area contributed by atoms with Gasteiger partial charge in [0.25, 0.3) is 0 Å². The van der Waals surface area contributed by atoms with Crippen LogP contribution in [0.15, 0.2) is 18.3 Å². The Morgan fingerprint density at radius 3 is 1.02 bits per heavy atom. The van der Waals surface area contributed by atoms with Crippen LogP contribution in [-0.4, -0.2) is 145 Å². The lowest BCUT2D eigenvalue weighted by Gasteiger charge is -2.19. The molecule has 0 amide bonds. The third kappa shape index (κ3) is 46.9. The van der Waals surface area contributed by atoms with Gasteiger partial charge < -0.3 is 52.1 Å². The summed E-state index contributed by atoms with van der Waals surface area (Å²) in [6, 6.07) is 4.24. The Labute approximate surface area is 486 Å². The van der Waals surface area contributed by atoms with Crippen LogP contribution < -0.4 is 14.2 Å². The molecule has 0 saturated carbocycles. The maximum absolute atomic E-state index is 10.4. The fraction of sp³-hybridized carbons (Fsp3) is 0.871. The molecule has 1 radical (unpaired) electrons. The molecule has 1 N–H and O–H groups in total. The lowest BCUT2D eigenvalue weighted by atomic mass is 10.1. The van der Waals surface area contributed by atoms with Crippen LogP contribution in [0, 0.1) is 0 Å². The Kier molecular flexibility index (Phi) is 53.6. The predicted octanol–water partition coefficient (Wildman–Crippen LogP) is 14.5. The summed E-state index contributed by atoms with van der Waals surface area (Å²) in [6.07, 6.45) is 40.4. The summed E-state index contributed by atoms with van der Waals surface area (Å²) in [5.41, 5.74) is 1.79. The minimum atomic E-state index is -2.58. The van der Waals surface area contributed by atoms with E-state index in [0.717, 1.165) is 47.8 Å². The van der Waals surface area contributed by atoms with E-state index < -0.39 is 8.25 Å². The normalized spacial score (nSPS) is 11.8. The second kappa shape index (κ2) is 58.2. The highest BCUT2D eigenvalue weighted by Crippen LogP contribution is 2.40. The smallest absolute Gasteiger partial charge is 0.366 e. The molecule has 467 valence electrons. The number of unbranched alkanes of at least 4 members (excludes halogenated alkanes) is 27. The maximum Gasteiger partial charge on any atom is 0.366 e. The van der Waals surface area contributed by atoms with E-state index in [9.17, 15) is 4.57 Å². The van der Waals surface area contributed by atoms with E-state index in [0.29, 0.717) is 125 Å². The van der Waals surface area contributed by atoms with Crippen LogP contribution in [0.1, 0.15) is 225 Å². The van der Waals surface area contributed by atoms with Crippen LogP contribution in [0.3, 0.4) is 0 Å². The molecular weight excluding hydrogens is 1040 g/mol. The zero-order valence-electron chi connectivity index (χ0n) is 50.8. The van der Waals surface area contributed by atoms with E-state index in [4.69, 9.17) is 57.0 Å². The van der Waals surface area contributed by atoms with Crippen molar-refractivity contribution in [3.63, 3.8) is 0 Å². The Bertz CT molecular complexity index is 1580. The van der Waals surface area contributed by atoms with Gasteiger partial charge in [0.05, 0.1) is 145 Å². The Morgan fingerprint density at radius 1 is 0.388 bits per heavy atom. The van der Waals surface area contributed by atoms with Crippen molar-refractivity contribution >= 4 is 8.25 Å². The van der Waals surface area contributed by atoms with Crippen LogP contribution in [0.4, 0.5) is 0 Å². The van der Waals surface area contributed by atoms with E-state index >= 15 is 0 Å². The van der Waals surface area contributed by atoms with Crippen LogP contribution in [0.25, 0.3) is 0 Å². The first-order valence-electron chi connectivity index (χ1n) is 31.9. The molecule has 0 bridgehead atoms. The first-order valence-corrected chi connectivity index (χ1v) is 33.1. The predicted molar refractivity (Wildman–Crippen MR) is 319 cm³/mol. The molecule has 17 nitrogen and oxygen atoms in total. The molecule has 0 saturated heterocycles. The van der Waals surface area contributed by atoms with Crippen molar-refractivity contribution in [3.05, 3.63) is 29.6 Å². The Morgan fingerprint density at radius 2 is 0.688 bits per heavy atom. The third-order valence-electron chi connectivity index (χ3n) is 13.5. The van der Waals surface area contributed by atoms with Gasteiger partial charge in [0.15, 0.2) is 11.5 Å². The quantitative estimate of drug-likeness (QED) is 0.0488. The first-order chi connectivity index (χ1) is 39.6. The van der Waals surface area contributed by atoms with Crippen LogP contribution >= 0.6 is 8.25 Å². The summed E-state index contributed by atoms with van der Waals surface area (Å²) in [5, 5.41) is 8.88. The van der Waals surface area contributed by atoms with Gasteiger partial charge in [-0.1, -0.05) is 199 Å². The number of hydrogen-bond donors (Lipinski definition) is 1.